The number of amides is 1. The van der Waals surface area contributed by atoms with Gasteiger partial charge in [-0.25, -0.2) is 0 Å². The molecule has 1 amide bonds. The molecule has 2 N–H and O–H groups in total. The van der Waals surface area contributed by atoms with Crippen molar-refractivity contribution in [2.75, 3.05) is 36.9 Å². The van der Waals surface area contributed by atoms with Crippen molar-refractivity contribution < 1.29 is 9.53 Å². The average Bonchev–Trinajstić information content (AvgIpc) is 2.46. The highest BCUT2D eigenvalue weighted by atomic mass is 16.5. The first-order chi connectivity index (χ1) is 9.24. The van der Waals surface area contributed by atoms with Gasteiger partial charge in [-0.1, -0.05) is 12.1 Å². The van der Waals surface area contributed by atoms with Crippen LogP contribution in [-0.2, 0) is 9.53 Å². The number of benzene rings is 1. The number of hydrogen-bond donors (Lipinski definition) is 2. The van der Waals surface area contributed by atoms with Gasteiger partial charge in [0.15, 0.2) is 0 Å². The number of nitrogens with zero attached hydrogens (tertiary/aromatic N) is 1. The number of anilines is 2. The van der Waals surface area contributed by atoms with E-state index < -0.39 is 0 Å². The molecule has 5 heteroatoms. The third kappa shape index (κ3) is 2.51. The van der Waals surface area contributed by atoms with Crippen LogP contribution in [0.1, 0.15) is 6.92 Å². The summed E-state index contributed by atoms with van der Waals surface area (Å²) in [6, 6.07) is 7.76. The van der Waals surface area contributed by atoms with Gasteiger partial charge in [0, 0.05) is 19.6 Å². The van der Waals surface area contributed by atoms with Gasteiger partial charge in [-0.15, -0.1) is 0 Å². The lowest BCUT2D eigenvalue weighted by atomic mass is 10.1. The van der Waals surface area contributed by atoms with Gasteiger partial charge in [0.1, 0.15) is 6.04 Å². The molecule has 2 unspecified atom stereocenters. The number of para-hydroxylation sites is 2. The maximum atomic E-state index is 12.5. The largest absolute Gasteiger partial charge is 0.381 e. The van der Waals surface area contributed by atoms with E-state index in [-0.39, 0.29) is 18.1 Å². The van der Waals surface area contributed by atoms with Crippen LogP contribution < -0.4 is 10.6 Å². The lowest BCUT2D eigenvalue weighted by Crippen LogP contribution is -2.53. The average molecular weight is 261 g/mol. The van der Waals surface area contributed by atoms with Crippen LogP contribution in [0.25, 0.3) is 0 Å². The molecule has 102 valence electrons. The van der Waals surface area contributed by atoms with E-state index in [2.05, 4.69) is 10.6 Å². The van der Waals surface area contributed by atoms with Crippen molar-refractivity contribution in [2.24, 2.45) is 0 Å². The summed E-state index contributed by atoms with van der Waals surface area (Å²) < 4.78 is 5.47. The monoisotopic (exact) mass is 261 g/mol. The molecule has 2 aliphatic rings. The van der Waals surface area contributed by atoms with E-state index in [9.17, 15) is 4.79 Å². The molecule has 0 aliphatic carbocycles. The maximum Gasteiger partial charge on any atom is 0.247 e. The molecule has 1 aromatic rings. The molecule has 19 heavy (non-hydrogen) atoms. The summed E-state index contributed by atoms with van der Waals surface area (Å²) in [4.78, 5) is 14.4. The molecule has 0 bridgehead atoms. The van der Waals surface area contributed by atoms with Gasteiger partial charge in [0.2, 0.25) is 5.91 Å². The van der Waals surface area contributed by atoms with Crippen molar-refractivity contribution >= 4 is 17.3 Å². The maximum absolute atomic E-state index is 12.5. The Bertz CT molecular complexity index is 478. The Morgan fingerprint density at radius 3 is 2.95 bits per heavy atom. The lowest BCUT2D eigenvalue weighted by Gasteiger charge is -2.36. The van der Waals surface area contributed by atoms with Gasteiger partial charge in [-0.2, -0.15) is 0 Å². The first kappa shape index (κ1) is 12.3. The first-order valence-corrected chi connectivity index (χ1v) is 6.74. The van der Waals surface area contributed by atoms with Crippen LogP contribution in [-0.4, -0.2) is 49.2 Å². The molecule has 2 aliphatic heterocycles. The molecule has 1 saturated heterocycles. The number of carbonyl (C=O) groups excluding carboxylic acids is 1. The minimum atomic E-state index is -0.194. The predicted octanol–water partition coefficient (Wildman–Crippen LogP) is 1.14. The number of rotatable bonds is 1. The molecule has 1 fully saturated rings. The normalized spacial score (nSPS) is 26.1. The van der Waals surface area contributed by atoms with E-state index in [4.69, 9.17) is 4.74 Å². The second kappa shape index (κ2) is 5.09. The third-order valence-electron chi connectivity index (χ3n) is 3.60. The Hall–Kier alpha value is -1.75. The van der Waals surface area contributed by atoms with Gasteiger partial charge in [0.05, 0.1) is 24.1 Å². The highest BCUT2D eigenvalue weighted by Gasteiger charge is 2.30. The standard InChI is InChI=1S/C14H19N3O2/c1-10-9-17(6-7-19-10)14(18)13-8-15-11-4-2-3-5-12(11)16-13/h2-5,10,13,15-16H,6-9H2,1H3. The molecule has 0 aromatic heterocycles. The lowest BCUT2D eigenvalue weighted by molar-refractivity contribution is -0.138. The summed E-state index contributed by atoms with van der Waals surface area (Å²) in [5.74, 6) is 0.150. The zero-order valence-corrected chi connectivity index (χ0v) is 11.1. The molecule has 0 saturated carbocycles. The SMILES string of the molecule is CC1CN(C(=O)C2CNc3ccccc3N2)CCO1. The van der Waals surface area contributed by atoms with Gasteiger partial charge in [-0.3, -0.25) is 4.79 Å². The topological polar surface area (TPSA) is 53.6 Å². The molecule has 5 nitrogen and oxygen atoms in total. The smallest absolute Gasteiger partial charge is 0.247 e. The number of carbonyl (C=O) groups is 1. The zero-order valence-electron chi connectivity index (χ0n) is 11.1. The molecule has 0 spiro atoms. The zero-order chi connectivity index (χ0) is 13.2. The molecule has 2 heterocycles. The Morgan fingerprint density at radius 2 is 2.16 bits per heavy atom. The van der Waals surface area contributed by atoms with Crippen LogP contribution in [0.3, 0.4) is 0 Å². The summed E-state index contributed by atoms with van der Waals surface area (Å²) >= 11 is 0. The molecular weight excluding hydrogens is 242 g/mol. The second-order valence-corrected chi connectivity index (χ2v) is 5.09. The minimum Gasteiger partial charge on any atom is -0.381 e. The van der Waals surface area contributed by atoms with Crippen LogP contribution in [0.5, 0.6) is 0 Å². The number of nitrogens with one attached hydrogen (secondary N) is 2. The van der Waals surface area contributed by atoms with E-state index in [1.807, 2.05) is 36.1 Å². The van der Waals surface area contributed by atoms with E-state index in [1.54, 1.807) is 0 Å². The predicted molar refractivity (Wildman–Crippen MR) is 74.3 cm³/mol. The first-order valence-electron chi connectivity index (χ1n) is 6.74. The summed E-state index contributed by atoms with van der Waals surface area (Å²) in [5, 5.41) is 6.62. The van der Waals surface area contributed by atoms with Crippen molar-refractivity contribution in [1.82, 2.24) is 4.90 Å². The van der Waals surface area contributed by atoms with Crippen LogP contribution in [0, 0.1) is 0 Å². The number of fused-ring (bicyclic) bond motifs is 1. The van der Waals surface area contributed by atoms with Gasteiger partial charge in [0.25, 0.3) is 0 Å². The summed E-state index contributed by atoms with van der Waals surface area (Å²) in [6.07, 6.45) is 0.126. The highest BCUT2D eigenvalue weighted by Crippen LogP contribution is 2.25. The molecular formula is C14H19N3O2. The highest BCUT2D eigenvalue weighted by molar-refractivity contribution is 5.88. The summed E-state index contributed by atoms with van der Waals surface area (Å²) in [6.45, 7) is 4.62. The van der Waals surface area contributed by atoms with Crippen molar-refractivity contribution in [3.05, 3.63) is 24.3 Å². The van der Waals surface area contributed by atoms with Crippen molar-refractivity contribution in [1.29, 1.82) is 0 Å². The van der Waals surface area contributed by atoms with E-state index in [0.29, 0.717) is 26.2 Å². The Labute approximate surface area is 112 Å². The van der Waals surface area contributed by atoms with Crippen LogP contribution in [0.2, 0.25) is 0 Å². The Morgan fingerprint density at radius 1 is 1.37 bits per heavy atom. The van der Waals surface area contributed by atoms with E-state index >= 15 is 0 Å². The number of hydrogen-bond acceptors (Lipinski definition) is 4. The number of ether oxygens (including phenoxy) is 1. The fourth-order valence-electron chi connectivity index (χ4n) is 2.60. The van der Waals surface area contributed by atoms with Crippen LogP contribution in [0.4, 0.5) is 11.4 Å². The van der Waals surface area contributed by atoms with Crippen LogP contribution in [0.15, 0.2) is 24.3 Å². The third-order valence-corrected chi connectivity index (χ3v) is 3.60. The molecule has 1 aromatic carbocycles. The summed E-state index contributed by atoms with van der Waals surface area (Å²) in [5.41, 5.74) is 2.05. The van der Waals surface area contributed by atoms with Crippen molar-refractivity contribution in [3.8, 4) is 0 Å². The van der Waals surface area contributed by atoms with E-state index in [0.717, 1.165) is 11.4 Å². The van der Waals surface area contributed by atoms with Crippen molar-refractivity contribution in [2.45, 2.75) is 19.1 Å². The van der Waals surface area contributed by atoms with E-state index in [1.165, 1.54) is 0 Å². The molecule has 3 rings (SSSR count). The fraction of sp³-hybridized carbons (Fsp3) is 0.500. The number of morpholine rings is 1. The van der Waals surface area contributed by atoms with Gasteiger partial charge < -0.3 is 20.3 Å². The Balaban J connectivity index is 1.69. The minimum absolute atomic E-state index is 0.126. The van der Waals surface area contributed by atoms with Gasteiger partial charge in [-0.05, 0) is 19.1 Å². The van der Waals surface area contributed by atoms with Gasteiger partial charge >= 0.3 is 0 Å². The Kier molecular flexibility index (Phi) is 3.29. The quantitative estimate of drug-likeness (QED) is 0.796. The fourth-order valence-corrected chi connectivity index (χ4v) is 2.60. The van der Waals surface area contributed by atoms with Crippen LogP contribution >= 0.6 is 0 Å². The summed E-state index contributed by atoms with van der Waals surface area (Å²) in [7, 11) is 0. The molecule has 2 atom stereocenters. The molecule has 0 radical (unpaired) electrons. The second-order valence-electron chi connectivity index (χ2n) is 5.09. The van der Waals surface area contributed by atoms with Crippen molar-refractivity contribution in [3.63, 3.8) is 0 Å².